The molecule has 2 aromatic carbocycles. The second-order valence-corrected chi connectivity index (χ2v) is 11.8. The third kappa shape index (κ3) is 3.81. The van der Waals surface area contributed by atoms with Crippen molar-refractivity contribution in [1.29, 1.82) is 0 Å². The molecule has 0 spiro atoms. The van der Waals surface area contributed by atoms with E-state index in [1.54, 1.807) is 0 Å². The highest BCUT2D eigenvalue weighted by Crippen LogP contribution is 2.47. The Balaban J connectivity index is 1.76. The van der Waals surface area contributed by atoms with Crippen LogP contribution in [0.5, 0.6) is 0 Å². The second-order valence-electron chi connectivity index (χ2n) is 11.8. The quantitative estimate of drug-likeness (QED) is 0.429. The van der Waals surface area contributed by atoms with Crippen LogP contribution in [0.15, 0.2) is 59.2 Å². The number of aryl methyl sites for hydroxylation is 4. The molecular formula is C32H46N4. The molecule has 0 radical (unpaired) electrons. The molecule has 0 aromatic heterocycles. The van der Waals surface area contributed by atoms with E-state index in [0.717, 1.165) is 12.8 Å². The molecule has 194 valence electrons. The average Bonchev–Trinajstić information content (AvgIpc) is 3.06. The lowest BCUT2D eigenvalue weighted by atomic mass is 9.98. The predicted molar refractivity (Wildman–Crippen MR) is 155 cm³/mol. The molecule has 0 atom stereocenters. The topological polar surface area (TPSA) is 13.0 Å². The summed E-state index contributed by atoms with van der Waals surface area (Å²) < 4.78 is 0. The zero-order valence-corrected chi connectivity index (χ0v) is 24.7. The van der Waals surface area contributed by atoms with Crippen LogP contribution in [0.3, 0.4) is 0 Å². The Bertz CT molecular complexity index is 1230. The maximum atomic E-state index is 2.59. The minimum absolute atomic E-state index is 0.00807. The highest BCUT2D eigenvalue weighted by molar-refractivity contribution is 5.75. The van der Waals surface area contributed by atoms with Crippen molar-refractivity contribution < 1.29 is 0 Å². The standard InChI is InChI=1S/C32H46N4/c1-21-15-13-16-22(2)29(21)35-24(4)25(5)36(32(35,9)10)30-23(3)17-14-18-27(30)19-20-28-26(6)33(11)31(7,8)34(28)12/h13-18H,19-20H2,1-12H3. The van der Waals surface area contributed by atoms with Crippen molar-refractivity contribution in [2.45, 2.75) is 93.4 Å². The molecule has 0 saturated heterocycles. The summed E-state index contributed by atoms with van der Waals surface area (Å²) in [5.41, 5.74) is 13.3. The minimum Gasteiger partial charge on any atom is -0.354 e. The predicted octanol–water partition coefficient (Wildman–Crippen LogP) is 7.70. The maximum Gasteiger partial charge on any atom is 0.116 e. The zero-order chi connectivity index (χ0) is 26.7. The fourth-order valence-electron chi connectivity index (χ4n) is 6.53. The number of hydrogen-bond donors (Lipinski definition) is 0. The number of para-hydroxylation sites is 2. The van der Waals surface area contributed by atoms with Crippen LogP contribution in [-0.2, 0) is 6.42 Å². The minimum atomic E-state index is -0.229. The van der Waals surface area contributed by atoms with Gasteiger partial charge in [0.2, 0.25) is 0 Å². The summed E-state index contributed by atoms with van der Waals surface area (Å²) in [6, 6.07) is 13.5. The largest absolute Gasteiger partial charge is 0.354 e. The van der Waals surface area contributed by atoms with Crippen LogP contribution in [0.4, 0.5) is 11.4 Å². The highest BCUT2D eigenvalue weighted by atomic mass is 15.5. The number of nitrogens with zero attached hydrogens (tertiary/aromatic N) is 4. The Morgan fingerprint density at radius 1 is 0.556 bits per heavy atom. The van der Waals surface area contributed by atoms with E-state index >= 15 is 0 Å². The van der Waals surface area contributed by atoms with E-state index in [1.165, 1.54) is 56.4 Å². The Morgan fingerprint density at radius 2 is 1.03 bits per heavy atom. The van der Waals surface area contributed by atoms with Crippen molar-refractivity contribution >= 4 is 11.4 Å². The van der Waals surface area contributed by atoms with Crippen molar-refractivity contribution in [3.8, 4) is 0 Å². The van der Waals surface area contributed by atoms with Gasteiger partial charge in [-0.1, -0.05) is 36.4 Å². The van der Waals surface area contributed by atoms with E-state index in [1.807, 2.05) is 0 Å². The summed E-state index contributed by atoms with van der Waals surface area (Å²) in [4.78, 5) is 10.0. The van der Waals surface area contributed by atoms with E-state index in [0.29, 0.717) is 0 Å². The first-order chi connectivity index (χ1) is 16.7. The molecule has 0 saturated carbocycles. The van der Waals surface area contributed by atoms with Gasteiger partial charge in [0.1, 0.15) is 11.3 Å². The Labute approximate surface area is 219 Å². The Kier molecular flexibility index (Phi) is 6.47. The van der Waals surface area contributed by atoms with Crippen LogP contribution in [0.1, 0.15) is 77.1 Å². The van der Waals surface area contributed by atoms with Crippen molar-refractivity contribution in [2.24, 2.45) is 0 Å². The average molecular weight is 487 g/mol. The summed E-state index contributed by atoms with van der Waals surface area (Å²) in [6.45, 7) is 22.9. The molecule has 0 N–H and O–H groups in total. The zero-order valence-electron chi connectivity index (χ0n) is 24.7. The van der Waals surface area contributed by atoms with E-state index in [-0.39, 0.29) is 11.3 Å². The van der Waals surface area contributed by atoms with E-state index in [4.69, 9.17) is 0 Å². The van der Waals surface area contributed by atoms with Gasteiger partial charge >= 0.3 is 0 Å². The Hall–Kier alpha value is -2.88. The number of allylic oxidation sites excluding steroid dienone is 4. The summed E-state index contributed by atoms with van der Waals surface area (Å²) in [7, 11) is 4.45. The fourth-order valence-corrected chi connectivity index (χ4v) is 6.53. The summed E-state index contributed by atoms with van der Waals surface area (Å²) in [6.07, 6.45) is 2.05. The summed E-state index contributed by atoms with van der Waals surface area (Å²) in [5, 5.41) is 0. The fraction of sp³-hybridized carbons (Fsp3) is 0.500. The van der Waals surface area contributed by atoms with E-state index < -0.39 is 0 Å². The molecule has 0 bridgehead atoms. The molecule has 0 unspecified atom stereocenters. The molecule has 2 aliphatic rings. The van der Waals surface area contributed by atoms with Gasteiger partial charge in [0.05, 0.1) is 0 Å². The number of benzene rings is 2. The number of rotatable bonds is 5. The lowest BCUT2D eigenvalue weighted by molar-refractivity contribution is 0.0897. The van der Waals surface area contributed by atoms with E-state index in [9.17, 15) is 0 Å². The van der Waals surface area contributed by atoms with Crippen molar-refractivity contribution in [2.75, 3.05) is 23.9 Å². The van der Waals surface area contributed by atoms with Gasteiger partial charge < -0.3 is 19.6 Å². The van der Waals surface area contributed by atoms with Gasteiger partial charge in [0.25, 0.3) is 0 Å². The van der Waals surface area contributed by atoms with Gasteiger partial charge in [0.15, 0.2) is 0 Å². The van der Waals surface area contributed by atoms with Crippen molar-refractivity contribution in [1.82, 2.24) is 9.80 Å². The van der Waals surface area contributed by atoms with Crippen molar-refractivity contribution in [3.63, 3.8) is 0 Å². The lowest BCUT2D eigenvalue weighted by Gasteiger charge is -2.44. The van der Waals surface area contributed by atoms with Crippen LogP contribution < -0.4 is 9.80 Å². The molecule has 0 aliphatic carbocycles. The van der Waals surface area contributed by atoms with Gasteiger partial charge in [-0.05, 0) is 104 Å². The SMILES string of the molecule is CC1=C(CCc2cccc(C)c2N2C(C)=C(C)N(c3c(C)cccc3C)C2(C)C)N(C)C(C)(C)N1C. The van der Waals surface area contributed by atoms with Crippen molar-refractivity contribution in [3.05, 3.63) is 81.4 Å². The highest BCUT2D eigenvalue weighted by Gasteiger charge is 2.45. The van der Waals surface area contributed by atoms with Crippen LogP contribution >= 0.6 is 0 Å². The molecule has 2 aliphatic heterocycles. The third-order valence-corrected chi connectivity index (χ3v) is 9.10. The van der Waals surface area contributed by atoms with Gasteiger partial charge in [-0.3, -0.25) is 0 Å². The van der Waals surface area contributed by atoms with Crippen LogP contribution in [0.25, 0.3) is 0 Å². The molecular weight excluding hydrogens is 440 g/mol. The first kappa shape index (κ1) is 26.2. The third-order valence-electron chi connectivity index (χ3n) is 9.10. The van der Waals surface area contributed by atoms with E-state index in [2.05, 4.69) is 139 Å². The first-order valence-corrected chi connectivity index (χ1v) is 13.3. The van der Waals surface area contributed by atoms with Gasteiger partial charge in [-0.15, -0.1) is 0 Å². The molecule has 36 heavy (non-hydrogen) atoms. The molecule has 2 aromatic rings. The normalized spacial score (nSPS) is 19.3. The second kappa shape index (κ2) is 8.90. The lowest BCUT2D eigenvalue weighted by Crippen LogP contribution is -2.51. The summed E-state index contributed by atoms with van der Waals surface area (Å²) >= 11 is 0. The first-order valence-electron chi connectivity index (χ1n) is 13.3. The van der Waals surface area contributed by atoms with Crippen LogP contribution in [-0.4, -0.2) is 35.2 Å². The smallest absolute Gasteiger partial charge is 0.116 e. The van der Waals surface area contributed by atoms with Crippen LogP contribution in [0, 0.1) is 20.8 Å². The maximum absolute atomic E-state index is 2.59. The molecule has 0 fully saturated rings. The monoisotopic (exact) mass is 486 g/mol. The number of anilines is 2. The van der Waals surface area contributed by atoms with Gasteiger partial charge in [-0.25, -0.2) is 0 Å². The van der Waals surface area contributed by atoms with Gasteiger partial charge in [0, 0.05) is 48.3 Å². The summed E-state index contributed by atoms with van der Waals surface area (Å²) in [5.74, 6) is 0. The van der Waals surface area contributed by atoms with Gasteiger partial charge in [-0.2, -0.15) is 0 Å². The molecule has 2 heterocycles. The molecule has 4 rings (SSSR count). The molecule has 0 amide bonds. The Morgan fingerprint density at radius 3 is 1.53 bits per heavy atom. The molecule has 4 heteroatoms. The molecule has 4 nitrogen and oxygen atoms in total. The number of hydrogen-bond acceptors (Lipinski definition) is 4. The van der Waals surface area contributed by atoms with Crippen LogP contribution in [0.2, 0.25) is 0 Å².